The summed E-state index contributed by atoms with van der Waals surface area (Å²) in [5, 5.41) is 2.70. The average Bonchev–Trinajstić information content (AvgIpc) is 2.87. The highest BCUT2D eigenvalue weighted by molar-refractivity contribution is 5.86. The lowest BCUT2D eigenvalue weighted by Gasteiger charge is -2.21. The standard InChI is InChI=1S/C16H23N3O2/c1-12-7-14(9-17)11-19(12)16(21)10-18-15(20)8-13-5-3-2-4-6-13/h2-6,12,14H,7-11,17H2,1H3,(H,18,20). The molecule has 1 aromatic rings. The summed E-state index contributed by atoms with van der Waals surface area (Å²) < 4.78 is 0. The molecule has 0 spiro atoms. The molecule has 21 heavy (non-hydrogen) atoms. The van der Waals surface area contributed by atoms with Gasteiger partial charge in [0.2, 0.25) is 11.8 Å². The number of carbonyl (C=O) groups excluding carboxylic acids is 2. The molecule has 0 bridgehead atoms. The summed E-state index contributed by atoms with van der Waals surface area (Å²) in [7, 11) is 0. The van der Waals surface area contributed by atoms with E-state index in [4.69, 9.17) is 5.73 Å². The van der Waals surface area contributed by atoms with Crippen LogP contribution in [-0.4, -0.2) is 42.4 Å². The Labute approximate surface area is 125 Å². The smallest absolute Gasteiger partial charge is 0.242 e. The van der Waals surface area contributed by atoms with Gasteiger partial charge in [-0.25, -0.2) is 0 Å². The molecule has 0 saturated carbocycles. The van der Waals surface area contributed by atoms with E-state index in [0.29, 0.717) is 25.4 Å². The predicted octanol–water partition coefficient (Wildman–Crippen LogP) is 0.541. The minimum absolute atomic E-state index is 0.0279. The number of carbonyl (C=O) groups is 2. The van der Waals surface area contributed by atoms with Crippen LogP contribution in [0.1, 0.15) is 18.9 Å². The number of nitrogens with two attached hydrogens (primary N) is 1. The van der Waals surface area contributed by atoms with E-state index in [1.807, 2.05) is 42.2 Å². The maximum absolute atomic E-state index is 12.1. The fourth-order valence-corrected chi connectivity index (χ4v) is 2.78. The first-order valence-corrected chi connectivity index (χ1v) is 7.40. The molecule has 114 valence electrons. The van der Waals surface area contributed by atoms with Crippen molar-refractivity contribution >= 4 is 11.8 Å². The molecule has 2 unspecified atom stereocenters. The Hall–Kier alpha value is -1.88. The van der Waals surface area contributed by atoms with Gasteiger partial charge in [-0.2, -0.15) is 0 Å². The van der Waals surface area contributed by atoms with Gasteiger partial charge >= 0.3 is 0 Å². The lowest BCUT2D eigenvalue weighted by Crippen LogP contribution is -2.42. The second-order valence-corrected chi connectivity index (χ2v) is 5.67. The third-order valence-electron chi connectivity index (χ3n) is 3.96. The number of likely N-dealkylation sites (tertiary alicyclic amines) is 1. The van der Waals surface area contributed by atoms with Gasteiger partial charge in [-0.3, -0.25) is 9.59 Å². The highest BCUT2D eigenvalue weighted by atomic mass is 16.2. The Morgan fingerprint density at radius 2 is 2.05 bits per heavy atom. The fourth-order valence-electron chi connectivity index (χ4n) is 2.78. The average molecular weight is 289 g/mol. The molecule has 5 heteroatoms. The van der Waals surface area contributed by atoms with Gasteiger partial charge in [0.25, 0.3) is 0 Å². The zero-order chi connectivity index (χ0) is 15.2. The third kappa shape index (κ3) is 4.29. The van der Waals surface area contributed by atoms with Gasteiger partial charge in [-0.05, 0) is 31.4 Å². The first-order valence-electron chi connectivity index (χ1n) is 7.40. The van der Waals surface area contributed by atoms with E-state index in [1.165, 1.54) is 0 Å². The topological polar surface area (TPSA) is 75.4 Å². The van der Waals surface area contributed by atoms with Crippen molar-refractivity contribution < 1.29 is 9.59 Å². The normalized spacial score (nSPS) is 21.3. The summed E-state index contributed by atoms with van der Waals surface area (Å²) in [6.07, 6.45) is 1.25. The van der Waals surface area contributed by atoms with Gasteiger partial charge < -0.3 is 16.0 Å². The van der Waals surface area contributed by atoms with Crippen LogP contribution in [0.15, 0.2) is 30.3 Å². The first kappa shape index (κ1) is 15.5. The Morgan fingerprint density at radius 3 is 2.67 bits per heavy atom. The van der Waals surface area contributed by atoms with E-state index >= 15 is 0 Å². The van der Waals surface area contributed by atoms with Crippen LogP contribution < -0.4 is 11.1 Å². The summed E-state index contributed by atoms with van der Waals surface area (Å²) >= 11 is 0. The van der Waals surface area contributed by atoms with Crippen LogP contribution in [0.4, 0.5) is 0 Å². The van der Waals surface area contributed by atoms with Crippen molar-refractivity contribution in [3.63, 3.8) is 0 Å². The zero-order valence-electron chi connectivity index (χ0n) is 12.4. The first-order chi connectivity index (χ1) is 10.1. The van der Waals surface area contributed by atoms with Crippen LogP contribution in [0.3, 0.4) is 0 Å². The molecule has 1 heterocycles. The van der Waals surface area contributed by atoms with E-state index < -0.39 is 0 Å². The molecule has 1 aliphatic heterocycles. The number of nitrogens with zero attached hydrogens (tertiary/aromatic N) is 1. The summed E-state index contributed by atoms with van der Waals surface area (Å²) in [6, 6.07) is 9.70. The highest BCUT2D eigenvalue weighted by Crippen LogP contribution is 2.21. The van der Waals surface area contributed by atoms with Crippen molar-refractivity contribution in [3.8, 4) is 0 Å². The molecule has 1 fully saturated rings. The summed E-state index contributed by atoms with van der Waals surface area (Å²) in [4.78, 5) is 25.8. The number of hydrogen-bond donors (Lipinski definition) is 2. The Balaban J connectivity index is 1.77. The lowest BCUT2D eigenvalue weighted by molar-refractivity contribution is -0.133. The van der Waals surface area contributed by atoms with Crippen LogP contribution in [0.25, 0.3) is 0 Å². The number of nitrogens with one attached hydrogen (secondary N) is 1. The molecule has 1 saturated heterocycles. The number of hydrogen-bond acceptors (Lipinski definition) is 3. The van der Waals surface area contributed by atoms with Crippen LogP contribution in [-0.2, 0) is 16.0 Å². The minimum atomic E-state index is -0.128. The van der Waals surface area contributed by atoms with Gasteiger partial charge in [-0.15, -0.1) is 0 Å². The van der Waals surface area contributed by atoms with E-state index in [9.17, 15) is 9.59 Å². The van der Waals surface area contributed by atoms with Crippen molar-refractivity contribution in [3.05, 3.63) is 35.9 Å². The van der Waals surface area contributed by atoms with Crippen molar-refractivity contribution in [2.24, 2.45) is 11.7 Å². The fraction of sp³-hybridized carbons (Fsp3) is 0.500. The van der Waals surface area contributed by atoms with Gasteiger partial charge in [0, 0.05) is 12.6 Å². The van der Waals surface area contributed by atoms with Gasteiger partial charge in [-0.1, -0.05) is 30.3 Å². The molecular weight excluding hydrogens is 266 g/mol. The number of benzene rings is 1. The van der Waals surface area contributed by atoms with Crippen molar-refractivity contribution in [1.82, 2.24) is 10.2 Å². The van der Waals surface area contributed by atoms with Gasteiger partial charge in [0.15, 0.2) is 0 Å². The van der Waals surface area contributed by atoms with Gasteiger partial charge in [0.05, 0.1) is 13.0 Å². The zero-order valence-corrected chi connectivity index (χ0v) is 12.4. The van der Waals surface area contributed by atoms with Crippen LogP contribution in [0.2, 0.25) is 0 Å². The van der Waals surface area contributed by atoms with E-state index in [0.717, 1.165) is 12.0 Å². The quantitative estimate of drug-likeness (QED) is 0.831. The third-order valence-corrected chi connectivity index (χ3v) is 3.96. The summed E-state index contributed by atoms with van der Waals surface area (Å²) in [6.45, 7) is 3.40. The summed E-state index contributed by atoms with van der Waals surface area (Å²) in [5.74, 6) is 0.223. The molecular formula is C16H23N3O2. The number of amides is 2. The van der Waals surface area contributed by atoms with E-state index in [2.05, 4.69) is 5.32 Å². The molecule has 1 aromatic carbocycles. The van der Waals surface area contributed by atoms with Crippen LogP contribution >= 0.6 is 0 Å². The molecule has 2 atom stereocenters. The van der Waals surface area contributed by atoms with Crippen molar-refractivity contribution in [2.45, 2.75) is 25.8 Å². The van der Waals surface area contributed by atoms with Crippen LogP contribution in [0.5, 0.6) is 0 Å². The molecule has 2 rings (SSSR count). The van der Waals surface area contributed by atoms with Crippen LogP contribution in [0, 0.1) is 5.92 Å². The van der Waals surface area contributed by atoms with E-state index in [-0.39, 0.29) is 24.4 Å². The largest absolute Gasteiger partial charge is 0.347 e. The SMILES string of the molecule is CC1CC(CN)CN1C(=O)CNC(=O)Cc1ccccc1. The van der Waals surface area contributed by atoms with Gasteiger partial charge in [0.1, 0.15) is 0 Å². The molecule has 0 aromatic heterocycles. The lowest BCUT2D eigenvalue weighted by atomic mass is 10.1. The highest BCUT2D eigenvalue weighted by Gasteiger charge is 2.31. The summed E-state index contributed by atoms with van der Waals surface area (Å²) in [5.41, 5.74) is 6.60. The second-order valence-electron chi connectivity index (χ2n) is 5.67. The van der Waals surface area contributed by atoms with Crippen molar-refractivity contribution in [2.75, 3.05) is 19.6 Å². The molecule has 0 aliphatic carbocycles. The Morgan fingerprint density at radius 1 is 1.33 bits per heavy atom. The minimum Gasteiger partial charge on any atom is -0.347 e. The molecule has 3 N–H and O–H groups in total. The molecule has 2 amide bonds. The number of rotatable bonds is 5. The monoisotopic (exact) mass is 289 g/mol. The second kappa shape index (κ2) is 7.22. The van der Waals surface area contributed by atoms with Crippen molar-refractivity contribution in [1.29, 1.82) is 0 Å². The Kier molecular flexibility index (Phi) is 5.33. The molecule has 1 aliphatic rings. The molecule has 5 nitrogen and oxygen atoms in total. The Bertz CT molecular complexity index is 490. The van der Waals surface area contributed by atoms with E-state index in [1.54, 1.807) is 0 Å². The maximum Gasteiger partial charge on any atom is 0.242 e. The maximum atomic E-state index is 12.1. The predicted molar refractivity (Wildman–Crippen MR) is 81.5 cm³/mol. The molecule has 0 radical (unpaired) electrons.